The lowest BCUT2D eigenvalue weighted by atomic mass is 10.00. The summed E-state index contributed by atoms with van der Waals surface area (Å²) in [5.74, 6) is 1.21. The van der Waals surface area contributed by atoms with E-state index in [-0.39, 0.29) is 12.4 Å². The molecule has 10 heteroatoms. The number of piperidine rings is 1. The van der Waals surface area contributed by atoms with Crippen LogP contribution in [-0.4, -0.2) is 110 Å². The van der Waals surface area contributed by atoms with E-state index in [1.165, 1.54) is 0 Å². The minimum absolute atomic E-state index is 0.240. The van der Waals surface area contributed by atoms with E-state index in [9.17, 15) is 4.79 Å². The number of nitrogens with one attached hydrogen (secondary N) is 2. The Bertz CT molecular complexity index is 635. The zero-order chi connectivity index (χ0) is 22.6. The summed E-state index contributed by atoms with van der Waals surface area (Å²) in [4.78, 5) is 26.3. The monoisotopic (exact) mass is 455 g/mol. The predicted molar refractivity (Wildman–Crippen MR) is 126 cm³/mol. The Balaban J connectivity index is 1.99. The molecule has 0 spiro atoms. The number of likely N-dealkylation sites (tertiary alicyclic amines) is 1. The van der Waals surface area contributed by atoms with E-state index in [4.69, 9.17) is 16.7 Å². The van der Waals surface area contributed by atoms with Gasteiger partial charge in [-0.1, -0.05) is 24.9 Å². The van der Waals surface area contributed by atoms with Gasteiger partial charge in [0.1, 0.15) is 5.17 Å². The molecule has 2 saturated heterocycles. The summed E-state index contributed by atoms with van der Waals surface area (Å²) < 4.78 is 0. The first kappa shape index (κ1) is 25.7. The van der Waals surface area contributed by atoms with Crippen LogP contribution < -0.4 is 10.6 Å². The molecule has 0 aromatic heterocycles. The molecule has 2 aliphatic rings. The smallest absolute Gasteiger partial charge is 0.212 e. The van der Waals surface area contributed by atoms with Gasteiger partial charge in [0.2, 0.25) is 6.41 Å². The van der Waals surface area contributed by atoms with E-state index in [1.54, 1.807) is 7.05 Å². The number of aliphatic hydroxyl groups is 1. The normalized spacial score (nSPS) is 23.7. The molecular weight excluding hydrogens is 418 g/mol. The molecule has 2 fully saturated rings. The summed E-state index contributed by atoms with van der Waals surface area (Å²) in [6.07, 6.45) is 3.99. The molecule has 176 valence electrons. The quantitative estimate of drug-likeness (QED) is 0.310. The van der Waals surface area contributed by atoms with Crippen molar-refractivity contribution in [1.82, 2.24) is 25.3 Å². The van der Waals surface area contributed by atoms with Gasteiger partial charge in [-0.2, -0.15) is 0 Å². The van der Waals surface area contributed by atoms with Crippen LogP contribution in [0.2, 0.25) is 0 Å². The molecule has 1 amide bonds. The van der Waals surface area contributed by atoms with Crippen molar-refractivity contribution in [3.8, 4) is 0 Å². The second kappa shape index (κ2) is 13.8. The average molecular weight is 456 g/mol. The molecule has 0 bridgehead atoms. The molecule has 0 aromatic carbocycles. The molecule has 0 radical (unpaired) electrons. The highest BCUT2D eigenvalue weighted by atomic mass is 35.5. The van der Waals surface area contributed by atoms with Crippen LogP contribution in [0.5, 0.6) is 0 Å². The summed E-state index contributed by atoms with van der Waals surface area (Å²) in [6.45, 7) is 13.5. The van der Waals surface area contributed by atoms with E-state index < -0.39 is 0 Å². The summed E-state index contributed by atoms with van der Waals surface area (Å²) in [7, 11) is 1.70. The second-order valence-corrected chi connectivity index (χ2v) is 8.59. The number of β-amino-alcohol motifs (C(OH)–C–C–N with tert-alkyl or cyclic N) is 1. The van der Waals surface area contributed by atoms with Crippen molar-refractivity contribution in [3.63, 3.8) is 0 Å². The molecule has 2 heterocycles. The number of halogens is 1. The van der Waals surface area contributed by atoms with Gasteiger partial charge in [-0.3, -0.25) is 14.6 Å². The topological polar surface area (TPSA) is 95.8 Å². The van der Waals surface area contributed by atoms with E-state index in [1.807, 2.05) is 0 Å². The van der Waals surface area contributed by atoms with Gasteiger partial charge in [0.15, 0.2) is 11.6 Å². The standard InChI is InChI=1S/C21H38ClN7O2/c1-4-17-13-28(15-19(22)26-21(24-3)20(23-2)25-16-31)9-10-29(14-17)18-5-7-27(8-6-18)11-12-30/h16-18,24,30H,2,4-15H2,1,3H3,(H,25,31)/b21-20+,26-19+. The number of hydrogen-bond donors (Lipinski definition) is 3. The van der Waals surface area contributed by atoms with Gasteiger partial charge in [0, 0.05) is 45.8 Å². The van der Waals surface area contributed by atoms with Crippen LogP contribution >= 0.6 is 11.6 Å². The van der Waals surface area contributed by atoms with E-state index in [0.29, 0.717) is 35.9 Å². The molecule has 31 heavy (non-hydrogen) atoms. The minimum atomic E-state index is 0.240. The Morgan fingerprint density at radius 3 is 2.52 bits per heavy atom. The summed E-state index contributed by atoms with van der Waals surface area (Å²) in [6, 6.07) is 0.613. The maximum atomic E-state index is 10.7. The third-order valence-corrected chi connectivity index (χ3v) is 6.39. The summed E-state index contributed by atoms with van der Waals surface area (Å²) >= 11 is 6.48. The van der Waals surface area contributed by atoms with Crippen molar-refractivity contribution in [2.75, 3.05) is 66.0 Å². The van der Waals surface area contributed by atoms with Gasteiger partial charge >= 0.3 is 0 Å². The predicted octanol–water partition coefficient (Wildman–Crippen LogP) is 0.517. The maximum absolute atomic E-state index is 10.7. The Hall–Kier alpha value is -1.52. The number of rotatable bonds is 11. The van der Waals surface area contributed by atoms with Crippen molar-refractivity contribution >= 4 is 29.9 Å². The minimum Gasteiger partial charge on any atom is -0.395 e. The molecule has 0 aromatic rings. The van der Waals surface area contributed by atoms with Crippen molar-refractivity contribution in [2.24, 2.45) is 15.9 Å². The molecule has 2 aliphatic heterocycles. The first-order chi connectivity index (χ1) is 15.0. The second-order valence-electron chi connectivity index (χ2n) is 8.16. The fourth-order valence-electron chi connectivity index (χ4n) is 4.40. The molecule has 0 saturated carbocycles. The number of aliphatic imine (C=N–C) groups is 2. The Kier molecular flexibility index (Phi) is 11.5. The van der Waals surface area contributed by atoms with Crippen LogP contribution in [0.1, 0.15) is 26.2 Å². The van der Waals surface area contributed by atoms with Crippen molar-refractivity contribution < 1.29 is 9.90 Å². The molecule has 1 unspecified atom stereocenters. The summed E-state index contributed by atoms with van der Waals surface area (Å²) in [5, 5.41) is 15.0. The zero-order valence-corrected chi connectivity index (χ0v) is 19.6. The van der Waals surface area contributed by atoms with Crippen LogP contribution in [0, 0.1) is 5.92 Å². The highest BCUT2D eigenvalue weighted by molar-refractivity contribution is 6.66. The lowest BCUT2D eigenvalue weighted by Gasteiger charge is -2.38. The van der Waals surface area contributed by atoms with Gasteiger partial charge in [-0.05, 0) is 38.6 Å². The molecule has 0 aliphatic carbocycles. The highest BCUT2D eigenvalue weighted by Gasteiger charge is 2.29. The van der Waals surface area contributed by atoms with Crippen molar-refractivity contribution in [1.29, 1.82) is 0 Å². The zero-order valence-electron chi connectivity index (χ0n) is 18.9. The Morgan fingerprint density at radius 1 is 1.19 bits per heavy atom. The SMILES string of the molecule is C=N/C(NC=O)=C(\N=C(\Cl)CN1CCN(C2CCN(CCO)CC2)CC(CC)C1)NC. The number of nitrogens with zero attached hydrogens (tertiary/aromatic N) is 5. The number of amides is 1. The first-order valence-electron chi connectivity index (χ1n) is 11.2. The maximum Gasteiger partial charge on any atom is 0.212 e. The van der Waals surface area contributed by atoms with Crippen LogP contribution in [0.4, 0.5) is 0 Å². The lowest BCUT2D eigenvalue weighted by Crippen LogP contribution is -2.47. The number of carbonyl (C=O) groups is 1. The Morgan fingerprint density at radius 2 is 1.94 bits per heavy atom. The van der Waals surface area contributed by atoms with Crippen molar-refractivity contribution in [3.05, 3.63) is 11.6 Å². The fraction of sp³-hybridized carbons (Fsp3) is 0.762. The van der Waals surface area contributed by atoms with Gasteiger partial charge < -0.3 is 20.6 Å². The van der Waals surface area contributed by atoms with Crippen LogP contribution in [0.15, 0.2) is 21.6 Å². The molecule has 1 atom stereocenters. The van der Waals surface area contributed by atoms with Gasteiger partial charge in [0.05, 0.1) is 13.2 Å². The highest BCUT2D eigenvalue weighted by Crippen LogP contribution is 2.21. The van der Waals surface area contributed by atoms with Crippen LogP contribution in [0.25, 0.3) is 0 Å². The molecule has 9 nitrogen and oxygen atoms in total. The van der Waals surface area contributed by atoms with E-state index in [2.05, 4.69) is 49.0 Å². The Labute approximate surface area is 191 Å². The number of carbonyl (C=O) groups excluding carboxylic acids is 1. The number of hydrogen-bond acceptors (Lipinski definition) is 8. The average Bonchev–Trinajstić information content (AvgIpc) is 2.99. The molecule has 2 rings (SSSR count). The summed E-state index contributed by atoms with van der Waals surface area (Å²) in [5.41, 5.74) is 0. The van der Waals surface area contributed by atoms with Crippen LogP contribution in [-0.2, 0) is 4.79 Å². The van der Waals surface area contributed by atoms with Gasteiger partial charge in [-0.25, -0.2) is 9.98 Å². The van der Waals surface area contributed by atoms with Gasteiger partial charge in [-0.15, -0.1) is 0 Å². The third-order valence-electron chi connectivity index (χ3n) is 6.18. The van der Waals surface area contributed by atoms with Crippen molar-refractivity contribution in [2.45, 2.75) is 32.2 Å². The number of aliphatic hydroxyl groups excluding tert-OH is 1. The molecular formula is C21H38ClN7O2. The molecule has 3 N–H and O–H groups in total. The van der Waals surface area contributed by atoms with Crippen LogP contribution in [0.3, 0.4) is 0 Å². The largest absolute Gasteiger partial charge is 0.395 e. The van der Waals surface area contributed by atoms with E-state index in [0.717, 1.165) is 65.1 Å². The van der Waals surface area contributed by atoms with Gasteiger partial charge in [0.25, 0.3) is 0 Å². The third kappa shape index (κ3) is 8.16. The van der Waals surface area contributed by atoms with E-state index >= 15 is 0 Å². The first-order valence-corrected chi connectivity index (χ1v) is 11.5. The lowest BCUT2D eigenvalue weighted by molar-refractivity contribution is -0.108. The fourth-order valence-corrected chi connectivity index (χ4v) is 4.66.